The number of hydrogen-bond donors (Lipinski definition) is 0. The van der Waals surface area contributed by atoms with Crippen LogP contribution in [-0.2, 0) is 13.0 Å². The second kappa shape index (κ2) is 7.22. The van der Waals surface area contributed by atoms with Gasteiger partial charge in [-0.25, -0.2) is 23.4 Å². The molecule has 0 aliphatic carbocycles. The molecule has 7 heteroatoms. The third-order valence-corrected chi connectivity index (χ3v) is 4.70. The second-order valence-corrected chi connectivity index (χ2v) is 7.36. The molecule has 0 unspecified atom stereocenters. The van der Waals surface area contributed by atoms with E-state index >= 15 is 0 Å². The van der Waals surface area contributed by atoms with Gasteiger partial charge in [-0.3, -0.25) is 0 Å². The smallest absolute Gasteiger partial charge is 0.251 e. The number of rotatable bonds is 6. The molecule has 3 heterocycles. The number of fused-ring (bicyclic) bond motifs is 1. The number of piperidine rings is 1. The number of aromatic nitrogens is 4. The van der Waals surface area contributed by atoms with Crippen molar-refractivity contribution >= 4 is 16.9 Å². The predicted octanol–water partition coefficient (Wildman–Crippen LogP) is 4.06. The summed E-state index contributed by atoms with van der Waals surface area (Å²) in [6.45, 7) is 7.92. The topological polar surface area (TPSA) is 46.8 Å². The van der Waals surface area contributed by atoms with Crippen molar-refractivity contribution in [2.75, 3.05) is 18.0 Å². The van der Waals surface area contributed by atoms with Crippen LogP contribution < -0.4 is 4.90 Å². The second-order valence-electron chi connectivity index (χ2n) is 7.36. The molecule has 1 aliphatic heterocycles. The lowest BCUT2D eigenvalue weighted by Crippen LogP contribution is -2.39. The summed E-state index contributed by atoms with van der Waals surface area (Å²) in [5.41, 5.74) is 1.81. The third-order valence-electron chi connectivity index (χ3n) is 4.70. The third kappa shape index (κ3) is 3.90. The van der Waals surface area contributed by atoms with E-state index in [9.17, 15) is 8.78 Å². The summed E-state index contributed by atoms with van der Waals surface area (Å²) in [6, 6.07) is 0. The molecule has 0 radical (unpaired) electrons. The van der Waals surface area contributed by atoms with Gasteiger partial charge in [0.1, 0.15) is 12.1 Å². The van der Waals surface area contributed by atoms with Gasteiger partial charge in [0.2, 0.25) is 0 Å². The van der Waals surface area contributed by atoms with Crippen molar-refractivity contribution < 1.29 is 8.78 Å². The van der Waals surface area contributed by atoms with Crippen molar-refractivity contribution in [3.8, 4) is 0 Å². The lowest BCUT2D eigenvalue weighted by atomic mass is 10.0. The maximum atomic E-state index is 13.5. The van der Waals surface area contributed by atoms with Gasteiger partial charge in [-0.1, -0.05) is 27.2 Å². The minimum atomic E-state index is -2.56. The highest BCUT2D eigenvalue weighted by Crippen LogP contribution is 2.34. The van der Waals surface area contributed by atoms with Crippen molar-refractivity contribution in [3.63, 3.8) is 0 Å². The maximum absolute atomic E-state index is 13.5. The Hall–Kier alpha value is -1.79. The van der Waals surface area contributed by atoms with Crippen LogP contribution in [0.3, 0.4) is 0 Å². The van der Waals surface area contributed by atoms with E-state index in [-0.39, 0.29) is 12.8 Å². The van der Waals surface area contributed by atoms with Crippen molar-refractivity contribution in [2.24, 2.45) is 5.92 Å². The van der Waals surface area contributed by atoms with Crippen molar-refractivity contribution in [1.29, 1.82) is 0 Å². The normalized spacial score (nSPS) is 17.6. The Morgan fingerprint density at radius 2 is 1.92 bits per heavy atom. The van der Waals surface area contributed by atoms with E-state index in [0.29, 0.717) is 19.0 Å². The van der Waals surface area contributed by atoms with Gasteiger partial charge in [0.05, 0.1) is 11.1 Å². The van der Waals surface area contributed by atoms with Crippen LogP contribution in [0.2, 0.25) is 0 Å². The van der Waals surface area contributed by atoms with Crippen LogP contribution in [0.5, 0.6) is 0 Å². The summed E-state index contributed by atoms with van der Waals surface area (Å²) in [4.78, 5) is 10.9. The Balaban J connectivity index is 2.01. The summed E-state index contributed by atoms with van der Waals surface area (Å²) in [5.74, 6) is -1.34. The quantitative estimate of drug-likeness (QED) is 0.787. The molecule has 0 amide bonds. The van der Waals surface area contributed by atoms with Crippen molar-refractivity contribution in [1.82, 2.24) is 19.7 Å². The van der Waals surface area contributed by atoms with Crippen LogP contribution in [0, 0.1) is 5.92 Å². The van der Waals surface area contributed by atoms with E-state index in [4.69, 9.17) is 5.10 Å². The summed E-state index contributed by atoms with van der Waals surface area (Å²) in [7, 11) is 0. The fourth-order valence-electron chi connectivity index (χ4n) is 3.34. The Bertz CT molecular complexity index is 716. The molecular formula is C18H27F2N5. The molecule has 0 N–H and O–H groups in total. The highest BCUT2D eigenvalue weighted by molar-refractivity contribution is 5.90. The summed E-state index contributed by atoms with van der Waals surface area (Å²) < 4.78 is 29.0. The predicted molar refractivity (Wildman–Crippen MR) is 95.2 cm³/mol. The number of aryl methyl sites for hydroxylation is 1. The molecular weight excluding hydrogens is 324 g/mol. The maximum Gasteiger partial charge on any atom is 0.251 e. The molecule has 138 valence electrons. The first kappa shape index (κ1) is 18.0. The van der Waals surface area contributed by atoms with Crippen LogP contribution in [0.4, 0.5) is 14.6 Å². The van der Waals surface area contributed by atoms with Gasteiger partial charge in [-0.05, 0) is 18.8 Å². The van der Waals surface area contributed by atoms with Gasteiger partial charge in [-0.2, -0.15) is 5.10 Å². The zero-order chi connectivity index (χ0) is 18.0. The van der Waals surface area contributed by atoms with Crippen LogP contribution >= 0.6 is 0 Å². The van der Waals surface area contributed by atoms with Crippen LogP contribution in [-0.4, -0.2) is 38.8 Å². The number of alkyl halides is 2. The number of halogens is 2. The van der Waals surface area contributed by atoms with E-state index in [0.717, 1.165) is 48.4 Å². The number of hydrogen-bond acceptors (Lipinski definition) is 4. The van der Waals surface area contributed by atoms with Crippen LogP contribution in [0.25, 0.3) is 11.0 Å². The number of unbranched alkanes of at least 4 members (excludes halogenated alkanes) is 1. The summed E-state index contributed by atoms with van der Waals surface area (Å²) in [5, 5.41) is 5.73. The molecule has 25 heavy (non-hydrogen) atoms. The first-order valence-electron chi connectivity index (χ1n) is 9.24. The Morgan fingerprint density at radius 1 is 1.20 bits per heavy atom. The summed E-state index contributed by atoms with van der Waals surface area (Å²) >= 11 is 0. The molecule has 0 atom stereocenters. The Morgan fingerprint density at radius 3 is 2.56 bits per heavy atom. The van der Waals surface area contributed by atoms with E-state index in [2.05, 4.69) is 30.7 Å². The Labute approximate surface area is 147 Å². The molecule has 0 saturated carbocycles. The van der Waals surface area contributed by atoms with Crippen molar-refractivity contribution in [3.05, 3.63) is 12.0 Å². The highest BCUT2D eigenvalue weighted by atomic mass is 19.3. The zero-order valence-electron chi connectivity index (χ0n) is 15.3. The average molecular weight is 351 g/mol. The molecule has 1 aliphatic rings. The molecule has 3 rings (SSSR count). The lowest BCUT2D eigenvalue weighted by Gasteiger charge is -2.32. The van der Waals surface area contributed by atoms with Crippen molar-refractivity contribution in [2.45, 2.75) is 65.3 Å². The molecule has 2 aromatic rings. The first-order chi connectivity index (χ1) is 11.9. The minimum absolute atomic E-state index is 0.123. The van der Waals surface area contributed by atoms with Crippen LogP contribution in [0.1, 0.15) is 52.1 Å². The van der Waals surface area contributed by atoms with E-state index < -0.39 is 5.92 Å². The molecule has 1 fully saturated rings. The van der Waals surface area contributed by atoms with E-state index in [1.807, 2.05) is 9.58 Å². The molecule has 1 saturated heterocycles. The average Bonchev–Trinajstić information content (AvgIpc) is 2.90. The van der Waals surface area contributed by atoms with Gasteiger partial charge in [-0.15, -0.1) is 0 Å². The molecule has 5 nitrogen and oxygen atoms in total. The minimum Gasteiger partial charge on any atom is -0.355 e. The molecule has 0 spiro atoms. The lowest BCUT2D eigenvalue weighted by molar-refractivity contribution is -0.0221. The fraction of sp³-hybridized carbons (Fsp3) is 0.722. The fourth-order valence-corrected chi connectivity index (χ4v) is 3.34. The van der Waals surface area contributed by atoms with E-state index in [1.165, 1.54) is 6.33 Å². The number of nitrogens with zero attached hydrogens (tertiary/aromatic N) is 5. The SMILES string of the molecule is CCCCn1nc(CC(C)C)c2c(N3CCC(F)(F)CC3)ncnc21. The van der Waals surface area contributed by atoms with E-state index in [1.54, 1.807) is 0 Å². The van der Waals surface area contributed by atoms with Gasteiger partial charge in [0, 0.05) is 32.5 Å². The monoisotopic (exact) mass is 351 g/mol. The van der Waals surface area contributed by atoms with Gasteiger partial charge in [0.15, 0.2) is 5.65 Å². The van der Waals surface area contributed by atoms with Gasteiger partial charge >= 0.3 is 0 Å². The largest absolute Gasteiger partial charge is 0.355 e. The molecule has 0 bridgehead atoms. The summed E-state index contributed by atoms with van der Waals surface area (Å²) in [6.07, 6.45) is 4.24. The highest BCUT2D eigenvalue weighted by Gasteiger charge is 2.35. The van der Waals surface area contributed by atoms with Gasteiger partial charge in [0.25, 0.3) is 5.92 Å². The zero-order valence-corrected chi connectivity index (χ0v) is 15.3. The Kier molecular flexibility index (Phi) is 5.20. The molecule has 0 aromatic carbocycles. The first-order valence-corrected chi connectivity index (χ1v) is 9.24. The molecule has 2 aromatic heterocycles. The van der Waals surface area contributed by atoms with Crippen LogP contribution in [0.15, 0.2) is 6.33 Å². The van der Waals surface area contributed by atoms with Gasteiger partial charge < -0.3 is 4.90 Å². The number of anilines is 1. The standard InChI is InChI=1S/C18H27F2N5/c1-4-5-8-25-17-15(14(23-25)11-13(2)3)16(21-12-22-17)24-9-6-18(19,20)7-10-24/h12-13H,4-11H2,1-3H3.